The number of hydrogen-bond acceptors (Lipinski definition) is 5. The summed E-state index contributed by atoms with van der Waals surface area (Å²) in [7, 11) is -3.80. The molecule has 0 aliphatic rings. The third kappa shape index (κ3) is 2.94. The zero-order chi connectivity index (χ0) is 14.0. The minimum absolute atomic E-state index is 0.0896. The fraction of sp³-hybridized carbons (Fsp3) is 0.200. The predicted molar refractivity (Wildman–Crippen MR) is 74.0 cm³/mol. The number of sulfonamides is 1. The fourth-order valence-corrected chi connectivity index (χ4v) is 2.97. The summed E-state index contributed by atoms with van der Waals surface area (Å²) in [6, 6.07) is 3.23. The number of nitrogens with zero attached hydrogens (tertiary/aromatic N) is 2. The van der Waals surface area contributed by atoms with E-state index in [0.717, 1.165) is 4.47 Å². The van der Waals surface area contributed by atoms with Crippen LogP contribution >= 0.6 is 15.9 Å². The highest BCUT2D eigenvalue weighted by Gasteiger charge is 2.23. The van der Waals surface area contributed by atoms with Crippen LogP contribution in [0.25, 0.3) is 0 Å². The van der Waals surface area contributed by atoms with Crippen molar-refractivity contribution in [3.63, 3.8) is 0 Å². The van der Waals surface area contributed by atoms with Crippen molar-refractivity contribution >= 4 is 31.8 Å². The maximum absolute atomic E-state index is 12.2. The van der Waals surface area contributed by atoms with Gasteiger partial charge < -0.3 is 5.73 Å². The Labute approximate surface area is 118 Å². The van der Waals surface area contributed by atoms with Crippen LogP contribution in [0.3, 0.4) is 0 Å². The van der Waals surface area contributed by atoms with Crippen LogP contribution in [-0.4, -0.2) is 23.6 Å². The zero-order valence-corrected chi connectivity index (χ0v) is 12.4. The Morgan fingerprint density at radius 2 is 2.21 bits per heavy atom. The number of aromatic nitrogens is 3. The summed E-state index contributed by atoms with van der Waals surface area (Å²) in [6.45, 7) is 1.80. The Bertz CT molecular complexity index is 680. The van der Waals surface area contributed by atoms with Gasteiger partial charge in [0.05, 0.1) is 0 Å². The van der Waals surface area contributed by atoms with Crippen molar-refractivity contribution in [3.8, 4) is 0 Å². The molecule has 0 bridgehead atoms. The third-order valence-electron chi connectivity index (χ3n) is 2.46. The van der Waals surface area contributed by atoms with Crippen LogP contribution < -0.4 is 10.5 Å². The van der Waals surface area contributed by atoms with Crippen LogP contribution in [0.1, 0.15) is 11.3 Å². The van der Waals surface area contributed by atoms with Crippen LogP contribution in [0.5, 0.6) is 0 Å². The molecule has 0 radical (unpaired) electrons. The Morgan fingerprint density at radius 3 is 2.79 bits per heavy atom. The van der Waals surface area contributed by atoms with Gasteiger partial charge in [0.2, 0.25) is 5.03 Å². The monoisotopic (exact) mass is 345 g/mol. The van der Waals surface area contributed by atoms with Crippen LogP contribution in [0.4, 0.5) is 5.82 Å². The molecule has 0 fully saturated rings. The molecule has 7 nitrogen and oxygen atoms in total. The Balaban J connectivity index is 2.35. The molecular formula is C10H12BrN5O2S. The summed E-state index contributed by atoms with van der Waals surface area (Å²) in [6.07, 6.45) is 1.50. The number of hydrogen-bond donors (Lipinski definition) is 3. The number of rotatable bonds is 4. The van der Waals surface area contributed by atoms with Gasteiger partial charge in [-0.2, -0.15) is 13.5 Å². The largest absolute Gasteiger partial charge is 0.326 e. The smallest absolute Gasteiger partial charge is 0.282 e. The molecule has 0 spiro atoms. The average molecular weight is 346 g/mol. The van der Waals surface area contributed by atoms with Gasteiger partial charge in [0, 0.05) is 28.5 Å². The van der Waals surface area contributed by atoms with Gasteiger partial charge in [-0.3, -0.25) is 9.82 Å². The van der Waals surface area contributed by atoms with Crippen molar-refractivity contribution in [2.75, 3.05) is 4.72 Å². The zero-order valence-electron chi connectivity index (χ0n) is 10.0. The van der Waals surface area contributed by atoms with E-state index >= 15 is 0 Å². The first-order valence-corrected chi connectivity index (χ1v) is 7.60. The Hall–Kier alpha value is -1.45. The molecule has 2 aromatic rings. The summed E-state index contributed by atoms with van der Waals surface area (Å²) >= 11 is 3.22. The summed E-state index contributed by atoms with van der Waals surface area (Å²) in [5, 5.41) is 6.29. The van der Waals surface area contributed by atoms with E-state index in [9.17, 15) is 8.42 Å². The summed E-state index contributed by atoms with van der Waals surface area (Å²) in [5.74, 6) is 0.215. The van der Waals surface area contributed by atoms with Crippen molar-refractivity contribution in [1.29, 1.82) is 0 Å². The topological polar surface area (TPSA) is 114 Å². The second-order valence-electron chi connectivity index (χ2n) is 3.80. The van der Waals surface area contributed by atoms with Crippen molar-refractivity contribution in [2.45, 2.75) is 18.5 Å². The highest BCUT2D eigenvalue weighted by molar-refractivity contribution is 9.10. The molecule has 0 aliphatic heterocycles. The van der Waals surface area contributed by atoms with Gasteiger partial charge in [-0.15, -0.1) is 0 Å². The predicted octanol–water partition coefficient (Wildman–Crippen LogP) is 1.14. The van der Waals surface area contributed by atoms with E-state index in [1.165, 1.54) is 6.20 Å². The molecule has 0 aromatic carbocycles. The second kappa shape index (κ2) is 5.27. The van der Waals surface area contributed by atoms with Crippen molar-refractivity contribution in [1.82, 2.24) is 15.2 Å². The molecule has 0 saturated carbocycles. The maximum Gasteiger partial charge on any atom is 0.282 e. The molecule has 0 amide bonds. The van der Waals surface area contributed by atoms with E-state index < -0.39 is 10.0 Å². The maximum atomic E-state index is 12.2. The molecule has 102 valence electrons. The quantitative estimate of drug-likeness (QED) is 0.768. The number of halogens is 1. The third-order valence-corrected chi connectivity index (χ3v) is 4.25. The lowest BCUT2D eigenvalue weighted by molar-refractivity contribution is 0.595. The molecular weight excluding hydrogens is 334 g/mol. The van der Waals surface area contributed by atoms with E-state index in [0.29, 0.717) is 11.3 Å². The highest BCUT2D eigenvalue weighted by atomic mass is 79.9. The molecule has 0 unspecified atom stereocenters. The van der Waals surface area contributed by atoms with Crippen LogP contribution in [-0.2, 0) is 16.6 Å². The van der Waals surface area contributed by atoms with Gasteiger partial charge in [-0.1, -0.05) is 0 Å². The molecule has 4 N–H and O–H groups in total. The van der Waals surface area contributed by atoms with E-state index in [1.807, 2.05) is 0 Å². The molecule has 2 rings (SSSR count). The average Bonchev–Trinajstić information content (AvgIpc) is 2.74. The molecule has 0 saturated heterocycles. The van der Waals surface area contributed by atoms with E-state index in [4.69, 9.17) is 5.73 Å². The number of nitrogens with one attached hydrogen (secondary N) is 2. The summed E-state index contributed by atoms with van der Waals surface area (Å²) < 4.78 is 27.5. The van der Waals surface area contributed by atoms with E-state index in [2.05, 4.69) is 35.8 Å². The molecule has 2 heterocycles. The number of nitrogens with two attached hydrogens (primary N) is 1. The minimum Gasteiger partial charge on any atom is -0.326 e. The fourth-order valence-electron chi connectivity index (χ4n) is 1.51. The number of aryl methyl sites for hydroxylation is 1. The summed E-state index contributed by atoms with van der Waals surface area (Å²) in [5.41, 5.74) is 6.63. The number of anilines is 1. The lowest BCUT2D eigenvalue weighted by Crippen LogP contribution is -2.17. The van der Waals surface area contributed by atoms with Gasteiger partial charge in [-0.25, -0.2) is 4.98 Å². The van der Waals surface area contributed by atoms with Gasteiger partial charge >= 0.3 is 0 Å². The molecule has 2 aromatic heterocycles. The normalized spacial score (nSPS) is 11.5. The number of pyridine rings is 1. The minimum atomic E-state index is -3.80. The van der Waals surface area contributed by atoms with Gasteiger partial charge in [0.25, 0.3) is 10.0 Å². The van der Waals surface area contributed by atoms with Crippen molar-refractivity contribution < 1.29 is 8.42 Å². The lowest BCUT2D eigenvalue weighted by atomic mass is 10.3. The van der Waals surface area contributed by atoms with Crippen LogP contribution in [0.15, 0.2) is 27.8 Å². The Kier molecular flexibility index (Phi) is 3.88. The standard InChI is InChI=1S/C10H12BrN5O2S/c1-6-8(4-12)10(15-14-6)19(17,18)16-9-3-2-7(11)5-13-9/h2-3,5H,4,12H2,1H3,(H,13,16)(H,14,15). The van der Waals surface area contributed by atoms with E-state index in [1.54, 1.807) is 19.1 Å². The van der Waals surface area contributed by atoms with Crippen LogP contribution in [0.2, 0.25) is 0 Å². The van der Waals surface area contributed by atoms with Gasteiger partial charge in [0.1, 0.15) is 5.82 Å². The number of aromatic amines is 1. The first kappa shape index (κ1) is 14.0. The van der Waals surface area contributed by atoms with Gasteiger partial charge in [0.15, 0.2) is 0 Å². The lowest BCUT2D eigenvalue weighted by Gasteiger charge is -2.06. The second-order valence-corrected chi connectivity index (χ2v) is 6.32. The molecule has 9 heteroatoms. The van der Waals surface area contributed by atoms with Crippen molar-refractivity contribution in [3.05, 3.63) is 34.1 Å². The highest BCUT2D eigenvalue weighted by Crippen LogP contribution is 2.19. The Morgan fingerprint density at radius 1 is 1.47 bits per heavy atom. The first-order chi connectivity index (χ1) is 8.94. The van der Waals surface area contributed by atoms with Gasteiger partial charge in [-0.05, 0) is 35.0 Å². The number of H-pyrrole nitrogens is 1. The molecule has 19 heavy (non-hydrogen) atoms. The van der Waals surface area contributed by atoms with E-state index in [-0.39, 0.29) is 17.4 Å². The summed E-state index contributed by atoms with van der Waals surface area (Å²) in [4.78, 5) is 3.94. The first-order valence-electron chi connectivity index (χ1n) is 5.32. The SMILES string of the molecule is Cc1[nH]nc(S(=O)(=O)Nc2ccc(Br)cn2)c1CN. The molecule has 0 aliphatic carbocycles. The van der Waals surface area contributed by atoms with Crippen molar-refractivity contribution in [2.24, 2.45) is 5.73 Å². The molecule has 0 atom stereocenters. The van der Waals surface area contributed by atoms with Crippen LogP contribution in [0, 0.1) is 6.92 Å².